The number of hydrogen-bond donors (Lipinski definition) is 1. The molecule has 2 rings (SSSR count). The van der Waals surface area contributed by atoms with Crippen LogP contribution in [-0.4, -0.2) is 47.7 Å². The summed E-state index contributed by atoms with van der Waals surface area (Å²) in [6.07, 6.45) is 0.465. The summed E-state index contributed by atoms with van der Waals surface area (Å²) in [4.78, 5) is 25.4. The first-order valence-corrected chi connectivity index (χ1v) is 8.48. The maximum absolute atomic E-state index is 12.6. The molecule has 0 aromatic heterocycles. The van der Waals surface area contributed by atoms with Gasteiger partial charge in [-0.3, -0.25) is 4.79 Å². The quantitative estimate of drug-likeness (QED) is 0.869. The molecule has 1 fully saturated rings. The number of carbonyl (C=O) groups is 2. The van der Waals surface area contributed by atoms with E-state index in [0.717, 1.165) is 5.56 Å². The molecule has 1 aliphatic heterocycles. The minimum Gasteiger partial charge on any atom is -0.480 e. The summed E-state index contributed by atoms with van der Waals surface area (Å²) < 4.78 is 5.24. The van der Waals surface area contributed by atoms with Crippen molar-refractivity contribution in [2.75, 3.05) is 13.7 Å². The standard InChI is InChI=1S/C19H27NO4/c1-12(2)14-5-7-15(8-6-14)13(3)9-18(21)20-11-16(24-4)10-17(20)19(22)23/h5-8,12-13,16-17H,9-11H2,1-4H3,(H,22,23). The van der Waals surface area contributed by atoms with Crippen molar-refractivity contribution in [2.24, 2.45) is 0 Å². The maximum atomic E-state index is 12.6. The van der Waals surface area contributed by atoms with Crippen molar-refractivity contribution >= 4 is 11.9 Å². The Balaban J connectivity index is 2.03. The third kappa shape index (κ3) is 4.15. The summed E-state index contributed by atoms with van der Waals surface area (Å²) in [6, 6.07) is 7.53. The molecule has 5 heteroatoms. The Morgan fingerprint density at radius 2 is 1.79 bits per heavy atom. The van der Waals surface area contributed by atoms with Crippen molar-refractivity contribution in [2.45, 2.75) is 57.6 Å². The van der Waals surface area contributed by atoms with Gasteiger partial charge in [0.25, 0.3) is 0 Å². The predicted molar refractivity (Wildman–Crippen MR) is 92.1 cm³/mol. The second-order valence-corrected chi connectivity index (χ2v) is 6.92. The number of aliphatic carboxylic acids is 1. The fourth-order valence-electron chi connectivity index (χ4n) is 3.18. The van der Waals surface area contributed by atoms with Crippen LogP contribution in [0.4, 0.5) is 0 Å². The summed E-state index contributed by atoms with van der Waals surface area (Å²) in [5.74, 6) is -0.558. The Morgan fingerprint density at radius 3 is 2.29 bits per heavy atom. The molecule has 1 aromatic carbocycles. The number of carboxylic acid groups (broad SMARTS) is 1. The van der Waals surface area contributed by atoms with Gasteiger partial charge in [-0.15, -0.1) is 0 Å². The van der Waals surface area contributed by atoms with Gasteiger partial charge in [-0.25, -0.2) is 4.79 Å². The van der Waals surface area contributed by atoms with E-state index >= 15 is 0 Å². The van der Waals surface area contributed by atoms with E-state index in [1.54, 1.807) is 7.11 Å². The van der Waals surface area contributed by atoms with Crippen molar-refractivity contribution in [3.8, 4) is 0 Å². The summed E-state index contributed by atoms with van der Waals surface area (Å²) in [6.45, 7) is 6.65. The van der Waals surface area contributed by atoms with Gasteiger partial charge < -0.3 is 14.7 Å². The van der Waals surface area contributed by atoms with Gasteiger partial charge >= 0.3 is 5.97 Å². The molecule has 0 spiro atoms. The highest BCUT2D eigenvalue weighted by atomic mass is 16.5. The molecule has 3 unspecified atom stereocenters. The molecule has 1 heterocycles. The summed E-state index contributed by atoms with van der Waals surface area (Å²) in [5.41, 5.74) is 2.37. The highest BCUT2D eigenvalue weighted by Crippen LogP contribution is 2.26. The highest BCUT2D eigenvalue weighted by Gasteiger charge is 2.39. The second kappa shape index (κ2) is 7.79. The van der Waals surface area contributed by atoms with E-state index in [9.17, 15) is 14.7 Å². The van der Waals surface area contributed by atoms with Gasteiger partial charge in [-0.1, -0.05) is 45.0 Å². The van der Waals surface area contributed by atoms with Crippen LogP contribution in [-0.2, 0) is 14.3 Å². The average molecular weight is 333 g/mol. The zero-order chi connectivity index (χ0) is 17.9. The second-order valence-electron chi connectivity index (χ2n) is 6.92. The van der Waals surface area contributed by atoms with Crippen molar-refractivity contribution < 1.29 is 19.4 Å². The van der Waals surface area contributed by atoms with E-state index in [0.29, 0.717) is 25.3 Å². The lowest BCUT2D eigenvalue weighted by Gasteiger charge is -2.23. The highest BCUT2D eigenvalue weighted by molar-refractivity contribution is 5.84. The lowest BCUT2D eigenvalue weighted by atomic mass is 9.94. The molecule has 0 bridgehead atoms. The van der Waals surface area contributed by atoms with Crippen LogP contribution in [0.1, 0.15) is 56.6 Å². The number of benzene rings is 1. The summed E-state index contributed by atoms with van der Waals surface area (Å²) in [5, 5.41) is 9.33. The molecular weight excluding hydrogens is 306 g/mol. The van der Waals surface area contributed by atoms with Gasteiger partial charge in [0.05, 0.1) is 6.10 Å². The van der Waals surface area contributed by atoms with Gasteiger partial charge in [0.15, 0.2) is 0 Å². The van der Waals surface area contributed by atoms with Gasteiger partial charge in [-0.05, 0) is 23.0 Å². The van der Waals surface area contributed by atoms with Gasteiger partial charge in [-0.2, -0.15) is 0 Å². The number of methoxy groups -OCH3 is 1. The molecule has 1 saturated heterocycles. The van der Waals surface area contributed by atoms with Gasteiger partial charge in [0.2, 0.25) is 5.91 Å². The predicted octanol–water partition coefficient (Wildman–Crippen LogP) is 3.00. The van der Waals surface area contributed by atoms with E-state index in [-0.39, 0.29) is 17.9 Å². The lowest BCUT2D eigenvalue weighted by molar-refractivity contribution is -0.148. The van der Waals surface area contributed by atoms with Crippen LogP contribution in [0.5, 0.6) is 0 Å². The van der Waals surface area contributed by atoms with Crippen LogP contribution in [0.2, 0.25) is 0 Å². The molecule has 0 saturated carbocycles. The minimum absolute atomic E-state index is 0.0507. The van der Waals surface area contributed by atoms with E-state index in [1.165, 1.54) is 10.5 Å². The topological polar surface area (TPSA) is 66.8 Å². The van der Waals surface area contributed by atoms with Crippen molar-refractivity contribution in [1.29, 1.82) is 0 Å². The number of likely N-dealkylation sites (tertiary alicyclic amines) is 1. The summed E-state index contributed by atoms with van der Waals surface area (Å²) in [7, 11) is 1.55. The molecule has 0 aliphatic carbocycles. The molecule has 1 aliphatic rings. The van der Waals surface area contributed by atoms with E-state index < -0.39 is 12.0 Å². The molecule has 3 atom stereocenters. The third-order valence-electron chi connectivity index (χ3n) is 4.85. The first kappa shape index (κ1) is 18.5. The van der Waals surface area contributed by atoms with Crippen LogP contribution in [0.25, 0.3) is 0 Å². The normalized spacial score (nSPS) is 22.0. The number of ether oxygens (including phenoxy) is 1. The Kier molecular flexibility index (Phi) is 5.99. The number of amides is 1. The van der Waals surface area contributed by atoms with Crippen LogP contribution in [0, 0.1) is 0 Å². The van der Waals surface area contributed by atoms with Crippen molar-refractivity contribution in [3.05, 3.63) is 35.4 Å². The Hall–Kier alpha value is -1.88. The Bertz CT molecular complexity index is 582. The minimum atomic E-state index is -0.961. The van der Waals surface area contributed by atoms with E-state index in [4.69, 9.17) is 4.74 Å². The molecule has 24 heavy (non-hydrogen) atoms. The smallest absolute Gasteiger partial charge is 0.326 e. The molecule has 0 radical (unpaired) electrons. The van der Waals surface area contributed by atoms with Gasteiger partial charge in [0.1, 0.15) is 6.04 Å². The fraction of sp³-hybridized carbons (Fsp3) is 0.579. The molecular formula is C19H27NO4. The van der Waals surface area contributed by atoms with Crippen LogP contribution in [0.3, 0.4) is 0 Å². The Labute approximate surface area is 143 Å². The van der Waals surface area contributed by atoms with Crippen LogP contribution >= 0.6 is 0 Å². The molecule has 1 aromatic rings. The van der Waals surface area contributed by atoms with Crippen LogP contribution in [0.15, 0.2) is 24.3 Å². The Morgan fingerprint density at radius 1 is 1.21 bits per heavy atom. The maximum Gasteiger partial charge on any atom is 0.326 e. The van der Waals surface area contributed by atoms with E-state index in [2.05, 4.69) is 38.1 Å². The van der Waals surface area contributed by atoms with Gasteiger partial charge in [0, 0.05) is 26.5 Å². The first-order chi connectivity index (χ1) is 11.3. The molecule has 1 N–H and O–H groups in total. The largest absolute Gasteiger partial charge is 0.480 e. The first-order valence-electron chi connectivity index (χ1n) is 8.48. The number of nitrogens with zero attached hydrogens (tertiary/aromatic N) is 1. The molecule has 132 valence electrons. The zero-order valence-corrected chi connectivity index (χ0v) is 14.9. The number of rotatable bonds is 6. The number of carbonyl (C=O) groups excluding carboxylic acids is 1. The fourth-order valence-corrected chi connectivity index (χ4v) is 3.18. The van der Waals surface area contributed by atoms with E-state index in [1.807, 2.05) is 6.92 Å². The molecule has 5 nitrogen and oxygen atoms in total. The van der Waals surface area contributed by atoms with Crippen LogP contribution < -0.4 is 0 Å². The molecule has 1 amide bonds. The average Bonchev–Trinajstić information content (AvgIpc) is 2.99. The third-order valence-corrected chi connectivity index (χ3v) is 4.85. The van der Waals surface area contributed by atoms with Crippen molar-refractivity contribution in [1.82, 2.24) is 4.90 Å². The number of hydrogen-bond acceptors (Lipinski definition) is 3. The summed E-state index contributed by atoms with van der Waals surface area (Å²) >= 11 is 0. The number of carboxylic acids is 1. The SMILES string of the molecule is COC1CC(C(=O)O)N(C(=O)CC(C)c2ccc(C(C)C)cc2)C1. The van der Waals surface area contributed by atoms with Crippen molar-refractivity contribution in [3.63, 3.8) is 0 Å². The zero-order valence-electron chi connectivity index (χ0n) is 14.9. The lowest BCUT2D eigenvalue weighted by Crippen LogP contribution is -2.41. The monoisotopic (exact) mass is 333 g/mol.